The van der Waals surface area contributed by atoms with Gasteiger partial charge >= 0.3 is 0 Å². The lowest BCUT2D eigenvalue weighted by Gasteiger charge is -2.17. The van der Waals surface area contributed by atoms with Crippen molar-refractivity contribution in [2.45, 2.75) is 24.6 Å². The first-order valence-electron chi connectivity index (χ1n) is 4.47. The van der Waals surface area contributed by atoms with Gasteiger partial charge in [-0.1, -0.05) is 52.5 Å². The lowest BCUT2D eigenvalue weighted by molar-refractivity contribution is 1.26. The van der Waals surface area contributed by atoms with Crippen LogP contribution in [0.4, 0.5) is 0 Å². The molecule has 1 rings (SSSR count). The summed E-state index contributed by atoms with van der Waals surface area (Å²) in [6.07, 6.45) is 0. The summed E-state index contributed by atoms with van der Waals surface area (Å²) in [6.45, 7) is 5.84. The molecule has 0 bridgehead atoms. The Morgan fingerprint density at radius 3 is 1.80 bits per heavy atom. The van der Waals surface area contributed by atoms with E-state index in [2.05, 4.69) is 0 Å². The molecule has 0 unspecified atom stereocenters. The third-order valence-electron chi connectivity index (χ3n) is 2.21. The summed E-state index contributed by atoms with van der Waals surface area (Å²) in [5, 5.41) is 7.84. The topological polar surface area (TPSA) is 23.9 Å². The fourth-order valence-corrected chi connectivity index (χ4v) is 2.00. The molecule has 15 heavy (non-hydrogen) atoms. The first-order valence-corrected chi connectivity index (χ1v) is 5.61. The van der Waals surface area contributed by atoms with Crippen molar-refractivity contribution in [1.29, 1.82) is 5.41 Å². The van der Waals surface area contributed by atoms with Crippen LogP contribution in [0.2, 0.25) is 0 Å². The molecule has 1 aromatic rings. The third-order valence-corrected chi connectivity index (χ3v) is 2.78. The monoisotopic (exact) mass is 263 g/mol. The summed E-state index contributed by atoms with van der Waals surface area (Å²) >= 11 is 17.1. The molecule has 0 saturated carbocycles. The molecule has 1 N–H and O–H groups in total. The molecule has 0 radical (unpaired) electrons. The molecule has 0 aliphatic rings. The van der Waals surface area contributed by atoms with E-state index in [1.807, 2.05) is 32.9 Å². The first-order chi connectivity index (χ1) is 6.73. The van der Waals surface area contributed by atoms with Crippen molar-refractivity contribution < 1.29 is 0 Å². The molecule has 0 saturated heterocycles. The van der Waals surface area contributed by atoms with Gasteiger partial charge < -0.3 is 5.41 Å². The van der Waals surface area contributed by atoms with Crippen molar-refractivity contribution in [3.05, 3.63) is 34.4 Å². The Kier molecular flexibility index (Phi) is 3.70. The minimum Gasteiger partial charge on any atom is -0.300 e. The molecule has 82 valence electrons. The van der Waals surface area contributed by atoms with Gasteiger partial charge in [0.1, 0.15) is 0 Å². The maximum absolute atomic E-state index is 7.84. The van der Waals surface area contributed by atoms with Crippen molar-refractivity contribution >= 4 is 40.5 Å². The smallest absolute Gasteiger partial charge is 0.232 e. The molecule has 0 aliphatic heterocycles. The van der Waals surface area contributed by atoms with Gasteiger partial charge in [-0.25, -0.2) is 0 Å². The van der Waals surface area contributed by atoms with Crippen molar-refractivity contribution in [2.75, 3.05) is 0 Å². The summed E-state index contributed by atoms with van der Waals surface area (Å²) in [5.74, 6) is 0. The van der Waals surface area contributed by atoms with Gasteiger partial charge in [0.15, 0.2) is 0 Å². The van der Waals surface area contributed by atoms with Crippen molar-refractivity contribution in [3.8, 4) is 0 Å². The van der Waals surface area contributed by atoms with Crippen LogP contribution in [0.3, 0.4) is 0 Å². The molecular formula is C11H12Cl3N. The Labute approximate surface area is 105 Å². The van der Waals surface area contributed by atoms with E-state index in [1.165, 1.54) is 0 Å². The SMILES string of the molecule is Cc1cc(C)c(C(=N)C(Cl)(Cl)Cl)c(C)c1. The number of rotatable bonds is 1. The molecule has 0 atom stereocenters. The molecule has 0 aromatic heterocycles. The summed E-state index contributed by atoms with van der Waals surface area (Å²) in [6, 6.07) is 3.96. The Bertz CT molecular complexity index is 382. The predicted molar refractivity (Wildman–Crippen MR) is 67.8 cm³/mol. The second-order valence-corrected chi connectivity index (χ2v) is 5.93. The van der Waals surface area contributed by atoms with Crippen LogP contribution in [0.5, 0.6) is 0 Å². The fraction of sp³-hybridized carbons (Fsp3) is 0.364. The van der Waals surface area contributed by atoms with Gasteiger partial charge in [-0.2, -0.15) is 0 Å². The Morgan fingerprint density at radius 2 is 1.47 bits per heavy atom. The maximum Gasteiger partial charge on any atom is 0.232 e. The number of benzene rings is 1. The van der Waals surface area contributed by atoms with Crippen molar-refractivity contribution in [1.82, 2.24) is 0 Å². The van der Waals surface area contributed by atoms with E-state index < -0.39 is 3.79 Å². The van der Waals surface area contributed by atoms with Gasteiger partial charge in [0.05, 0.1) is 5.71 Å². The summed E-state index contributed by atoms with van der Waals surface area (Å²) in [4.78, 5) is 0. The van der Waals surface area contributed by atoms with Crippen LogP contribution in [0.1, 0.15) is 22.3 Å². The highest BCUT2D eigenvalue weighted by Crippen LogP contribution is 2.32. The number of hydrogen-bond acceptors (Lipinski definition) is 1. The standard InChI is InChI=1S/C11H12Cl3N/c1-6-4-7(2)9(8(3)5-6)10(15)11(12,13)14/h4-5,15H,1-3H3. The van der Waals surface area contributed by atoms with Gasteiger partial charge in [-0.15, -0.1) is 0 Å². The van der Waals surface area contributed by atoms with E-state index in [0.717, 1.165) is 22.3 Å². The molecule has 0 amide bonds. The summed E-state index contributed by atoms with van der Waals surface area (Å²) in [5.41, 5.74) is 3.82. The van der Waals surface area contributed by atoms with E-state index in [-0.39, 0.29) is 5.71 Å². The minimum absolute atomic E-state index is 0.0301. The highest BCUT2D eigenvalue weighted by atomic mass is 35.6. The zero-order valence-corrected chi connectivity index (χ0v) is 11.1. The van der Waals surface area contributed by atoms with Crippen LogP contribution in [-0.2, 0) is 0 Å². The fourth-order valence-electron chi connectivity index (χ4n) is 1.72. The van der Waals surface area contributed by atoms with Crippen LogP contribution in [0, 0.1) is 26.2 Å². The second kappa shape index (κ2) is 4.32. The van der Waals surface area contributed by atoms with E-state index >= 15 is 0 Å². The molecule has 1 nitrogen and oxygen atoms in total. The van der Waals surface area contributed by atoms with Gasteiger partial charge in [-0.3, -0.25) is 0 Å². The average molecular weight is 265 g/mol. The number of alkyl halides is 3. The summed E-state index contributed by atoms with van der Waals surface area (Å²) < 4.78 is -1.66. The number of halogens is 3. The van der Waals surface area contributed by atoms with Gasteiger partial charge in [0, 0.05) is 5.56 Å². The van der Waals surface area contributed by atoms with E-state index in [9.17, 15) is 0 Å². The quantitative estimate of drug-likeness (QED) is 0.576. The van der Waals surface area contributed by atoms with Crippen LogP contribution < -0.4 is 0 Å². The Hall–Kier alpha value is -0.240. The first kappa shape index (κ1) is 12.8. The van der Waals surface area contributed by atoms with E-state index in [4.69, 9.17) is 40.2 Å². The maximum atomic E-state index is 7.84. The number of hydrogen-bond donors (Lipinski definition) is 1. The third kappa shape index (κ3) is 2.87. The predicted octanol–water partition coefficient (Wildman–Crippen LogP) is 4.35. The highest BCUT2D eigenvalue weighted by Gasteiger charge is 2.29. The second-order valence-electron chi connectivity index (χ2n) is 3.65. The lowest BCUT2D eigenvalue weighted by Crippen LogP contribution is -2.21. The molecule has 0 heterocycles. The lowest BCUT2D eigenvalue weighted by atomic mass is 9.97. The van der Waals surface area contributed by atoms with Crippen LogP contribution in [0.15, 0.2) is 12.1 Å². The zero-order valence-electron chi connectivity index (χ0n) is 8.79. The van der Waals surface area contributed by atoms with Crippen LogP contribution in [-0.4, -0.2) is 9.50 Å². The zero-order chi connectivity index (χ0) is 11.8. The van der Waals surface area contributed by atoms with Gasteiger partial charge in [0.2, 0.25) is 3.79 Å². The van der Waals surface area contributed by atoms with E-state index in [1.54, 1.807) is 0 Å². The number of nitrogens with one attached hydrogen (secondary N) is 1. The normalized spacial score (nSPS) is 11.6. The Balaban J connectivity index is 3.33. The Morgan fingerprint density at radius 1 is 1.07 bits per heavy atom. The largest absolute Gasteiger partial charge is 0.300 e. The van der Waals surface area contributed by atoms with Gasteiger partial charge in [-0.05, 0) is 31.9 Å². The highest BCUT2D eigenvalue weighted by molar-refractivity contribution is 6.77. The average Bonchev–Trinajstić information content (AvgIpc) is 1.99. The summed E-state index contributed by atoms with van der Waals surface area (Å²) in [7, 11) is 0. The van der Waals surface area contributed by atoms with Gasteiger partial charge in [0.25, 0.3) is 0 Å². The number of aryl methyl sites for hydroxylation is 3. The van der Waals surface area contributed by atoms with Crippen LogP contribution in [0.25, 0.3) is 0 Å². The minimum atomic E-state index is -1.66. The molecule has 1 aromatic carbocycles. The molecule has 0 spiro atoms. The van der Waals surface area contributed by atoms with Crippen LogP contribution >= 0.6 is 34.8 Å². The molecule has 0 aliphatic carbocycles. The molecular weight excluding hydrogens is 252 g/mol. The van der Waals surface area contributed by atoms with Crippen molar-refractivity contribution in [3.63, 3.8) is 0 Å². The van der Waals surface area contributed by atoms with Crippen molar-refractivity contribution in [2.24, 2.45) is 0 Å². The molecule has 4 heteroatoms. The molecule has 0 fully saturated rings. The van der Waals surface area contributed by atoms with E-state index in [0.29, 0.717) is 0 Å².